The molecule has 7 heteroatoms. The molecular formula is C21H19ClFNO4. The monoisotopic (exact) mass is 403 g/mol. The Bertz CT molecular complexity index is 955. The van der Waals surface area contributed by atoms with Crippen LogP contribution in [0.2, 0.25) is 5.02 Å². The van der Waals surface area contributed by atoms with Crippen molar-refractivity contribution in [2.24, 2.45) is 0 Å². The Morgan fingerprint density at radius 1 is 1.21 bits per heavy atom. The van der Waals surface area contributed by atoms with Crippen molar-refractivity contribution in [2.45, 2.75) is 19.4 Å². The van der Waals surface area contributed by atoms with E-state index in [4.69, 9.17) is 16.3 Å². The van der Waals surface area contributed by atoms with Crippen LogP contribution in [0.25, 0.3) is 5.76 Å². The van der Waals surface area contributed by atoms with E-state index < -0.39 is 23.5 Å². The van der Waals surface area contributed by atoms with Gasteiger partial charge in [0.15, 0.2) is 0 Å². The van der Waals surface area contributed by atoms with Gasteiger partial charge in [0.1, 0.15) is 17.3 Å². The molecule has 0 aromatic heterocycles. The molecule has 5 nitrogen and oxygen atoms in total. The average Bonchev–Trinajstić information content (AvgIpc) is 2.93. The first-order valence-corrected chi connectivity index (χ1v) is 9.14. The number of hydrogen-bond donors (Lipinski definition) is 1. The van der Waals surface area contributed by atoms with E-state index in [-0.39, 0.29) is 21.9 Å². The van der Waals surface area contributed by atoms with Gasteiger partial charge in [-0.25, -0.2) is 4.39 Å². The SMILES string of the molecule is CCCN1C(=O)C(=O)/C(=C(\O)c2ccc(OC)c(Cl)c2)C1c1ccc(F)cc1. The summed E-state index contributed by atoms with van der Waals surface area (Å²) in [5.74, 6) is -1.83. The maximum atomic E-state index is 13.4. The smallest absolute Gasteiger partial charge is 0.295 e. The number of halogens is 2. The zero-order valence-corrected chi connectivity index (χ0v) is 16.2. The Labute approximate surface area is 167 Å². The molecule has 2 aromatic carbocycles. The van der Waals surface area contributed by atoms with Crippen molar-refractivity contribution in [2.75, 3.05) is 13.7 Å². The quantitative estimate of drug-likeness (QED) is 0.458. The molecule has 3 rings (SSSR count). The fourth-order valence-corrected chi connectivity index (χ4v) is 3.57. The lowest BCUT2D eigenvalue weighted by molar-refractivity contribution is -0.139. The van der Waals surface area contributed by atoms with Crippen LogP contribution in [0.1, 0.15) is 30.5 Å². The molecule has 1 saturated heterocycles. The number of hydrogen-bond acceptors (Lipinski definition) is 4. The van der Waals surface area contributed by atoms with Gasteiger partial charge in [-0.05, 0) is 42.3 Å². The first-order chi connectivity index (χ1) is 13.4. The van der Waals surface area contributed by atoms with E-state index in [1.807, 2.05) is 6.92 Å². The summed E-state index contributed by atoms with van der Waals surface area (Å²) in [4.78, 5) is 26.7. The van der Waals surface area contributed by atoms with E-state index in [1.165, 1.54) is 42.3 Å². The fraction of sp³-hybridized carbons (Fsp3) is 0.238. The average molecular weight is 404 g/mol. The molecule has 1 aliphatic rings. The van der Waals surface area contributed by atoms with Gasteiger partial charge in [-0.15, -0.1) is 0 Å². The normalized spacial score (nSPS) is 18.6. The number of carbonyl (C=O) groups is 2. The van der Waals surface area contributed by atoms with Crippen molar-refractivity contribution in [3.05, 3.63) is 70.0 Å². The zero-order chi connectivity index (χ0) is 20.4. The highest BCUT2D eigenvalue weighted by molar-refractivity contribution is 6.46. The van der Waals surface area contributed by atoms with E-state index >= 15 is 0 Å². The molecule has 1 fully saturated rings. The summed E-state index contributed by atoms with van der Waals surface area (Å²) < 4.78 is 18.5. The summed E-state index contributed by atoms with van der Waals surface area (Å²) in [5, 5.41) is 11.1. The van der Waals surface area contributed by atoms with Crippen LogP contribution in [0.4, 0.5) is 4.39 Å². The van der Waals surface area contributed by atoms with Crippen LogP contribution in [0.3, 0.4) is 0 Å². The number of likely N-dealkylation sites (tertiary alicyclic amines) is 1. The zero-order valence-electron chi connectivity index (χ0n) is 15.4. The first kappa shape index (κ1) is 19.9. The lowest BCUT2D eigenvalue weighted by Crippen LogP contribution is -2.30. The number of ether oxygens (including phenoxy) is 1. The Kier molecular flexibility index (Phi) is 5.70. The molecule has 0 saturated carbocycles. The van der Waals surface area contributed by atoms with Gasteiger partial charge < -0.3 is 14.7 Å². The molecule has 2 aromatic rings. The third-order valence-corrected chi connectivity index (χ3v) is 4.91. The van der Waals surface area contributed by atoms with Gasteiger partial charge in [-0.1, -0.05) is 30.7 Å². The predicted molar refractivity (Wildman–Crippen MR) is 104 cm³/mol. The van der Waals surface area contributed by atoms with E-state index in [0.29, 0.717) is 24.3 Å². The number of methoxy groups -OCH3 is 1. The Balaban J connectivity index is 2.17. The van der Waals surface area contributed by atoms with Gasteiger partial charge in [0.2, 0.25) is 0 Å². The minimum absolute atomic E-state index is 0.0497. The number of aliphatic hydroxyl groups is 1. The lowest BCUT2D eigenvalue weighted by Gasteiger charge is -2.24. The van der Waals surface area contributed by atoms with Crippen LogP contribution in [0, 0.1) is 5.82 Å². The number of aliphatic hydroxyl groups excluding tert-OH is 1. The van der Waals surface area contributed by atoms with Crippen LogP contribution < -0.4 is 4.74 Å². The Hall–Kier alpha value is -2.86. The Morgan fingerprint density at radius 3 is 2.46 bits per heavy atom. The summed E-state index contributed by atoms with van der Waals surface area (Å²) >= 11 is 6.13. The third kappa shape index (κ3) is 3.47. The first-order valence-electron chi connectivity index (χ1n) is 8.76. The summed E-state index contributed by atoms with van der Waals surface area (Å²) in [6.07, 6.45) is 0.624. The van der Waals surface area contributed by atoms with E-state index in [0.717, 1.165) is 0 Å². The van der Waals surface area contributed by atoms with Crippen molar-refractivity contribution >= 4 is 29.1 Å². The topological polar surface area (TPSA) is 66.8 Å². The van der Waals surface area contributed by atoms with Crippen LogP contribution in [-0.4, -0.2) is 35.4 Å². The highest BCUT2D eigenvalue weighted by Crippen LogP contribution is 2.40. The number of Topliss-reactive ketones (excluding diaryl/α,β-unsaturated/α-hetero) is 1. The maximum Gasteiger partial charge on any atom is 0.295 e. The molecule has 28 heavy (non-hydrogen) atoms. The predicted octanol–water partition coefficient (Wildman–Crippen LogP) is 4.32. The number of benzene rings is 2. The molecule has 0 aliphatic carbocycles. The van der Waals surface area contributed by atoms with Crippen molar-refractivity contribution in [3.63, 3.8) is 0 Å². The van der Waals surface area contributed by atoms with Crippen LogP contribution in [-0.2, 0) is 9.59 Å². The molecule has 1 heterocycles. The maximum absolute atomic E-state index is 13.4. The van der Waals surface area contributed by atoms with Gasteiger partial charge in [0.25, 0.3) is 11.7 Å². The standard InChI is InChI=1S/C21H19ClFNO4/c1-3-10-24-18(12-4-7-14(23)8-5-12)17(20(26)21(24)27)19(25)13-6-9-16(28-2)15(22)11-13/h4-9,11,18,25H,3,10H2,1-2H3/b19-17-. The largest absolute Gasteiger partial charge is 0.507 e. The summed E-state index contributed by atoms with van der Waals surface area (Å²) in [7, 11) is 1.46. The van der Waals surface area contributed by atoms with Crippen molar-refractivity contribution in [3.8, 4) is 5.75 Å². The van der Waals surface area contributed by atoms with Crippen molar-refractivity contribution in [1.29, 1.82) is 0 Å². The number of ketones is 1. The highest BCUT2D eigenvalue weighted by Gasteiger charge is 2.45. The molecule has 0 spiro atoms. The summed E-state index contributed by atoms with van der Waals surface area (Å²) in [6.45, 7) is 2.21. The van der Waals surface area contributed by atoms with Crippen molar-refractivity contribution < 1.29 is 23.8 Å². The second-order valence-corrected chi connectivity index (χ2v) is 6.80. The molecule has 1 aliphatic heterocycles. The molecule has 1 N–H and O–H groups in total. The fourth-order valence-electron chi connectivity index (χ4n) is 3.31. The molecule has 146 valence electrons. The van der Waals surface area contributed by atoms with Gasteiger partial charge in [0, 0.05) is 12.1 Å². The minimum atomic E-state index is -0.804. The van der Waals surface area contributed by atoms with Crippen LogP contribution >= 0.6 is 11.6 Å². The third-order valence-electron chi connectivity index (χ3n) is 4.62. The van der Waals surface area contributed by atoms with Crippen LogP contribution in [0.5, 0.6) is 5.75 Å². The second kappa shape index (κ2) is 8.02. The van der Waals surface area contributed by atoms with Crippen LogP contribution in [0.15, 0.2) is 48.0 Å². The molecule has 1 amide bonds. The Morgan fingerprint density at radius 2 is 1.89 bits per heavy atom. The highest BCUT2D eigenvalue weighted by atomic mass is 35.5. The second-order valence-electron chi connectivity index (χ2n) is 6.39. The van der Waals surface area contributed by atoms with E-state index in [9.17, 15) is 19.1 Å². The van der Waals surface area contributed by atoms with Crippen molar-refractivity contribution in [1.82, 2.24) is 4.90 Å². The molecular weight excluding hydrogens is 385 g/mol. The van der Waals surface area contributed by atoms with Gasteiger partial charge in [-0.2, -0.15) is 0 Å². The van der Waals surface area contributed by atoms with E-state index in [2.05, 4.69) is 0 Å². The minimum Gasteiger partial charge on any atom is -0.507 e. The number of amides is 1. The summed E-state index contributed by atoms with van der Waals surface area (Å²) in [5.41, 5.74) is 0.772. The molecule has 0 radical (unpaired) electrons. The number of rotatable bonds is 5. The van der Waals surface area contributed by atoms with Gasteiger partial charge in [-0.3, -0.25) is 9.59 Å². The summed E-state index contributed by atoms with van der Waals surface area (Å²) in [6, 6.07) is 9.29. The number of nitrogens with zero attached hydrogens (tertiary/aromatic N) is 1. The lowest BCUT2D eigenvalue weighted by atomic mass is 9.95. The molecule has 1 atom stereocenters. The number of carbonyl (C=O) groups excluding carboxylic acids is 2. The molecule has 0 bridgehead atoms. The van der Waals surface area contributed by atoms with E-state index in [1.54, 1.807) is 12.1 Å². The van der Waals surface area contributed by atoms with Gasteiger partial charge >= 0.3 is 0 Å². The molecule has 1 unspecified atom stereocenters. The van der Waals surface area contributed by atoms with Gasteiger partial charge in [0.05, 0.1) is 23.7 Å².